The molecule has 1 N–H and O–H groups in total. The van der Waals surface area contributed by atoms with Crippen LogP contribution in [0.5, 0.6) is 5.75 Å². The highest BCUT2D eigenvalue weighted by atomic mass is 32.1. The Kier molecular flexibility index (Phi) is 5.53. The van der Waals surface area contributed by atoms with Crippen LogP contribution in [-0.2, 0) is 13.0 Å². The van der Waals surface area contributed by atoms with E-state index in [9.17, 15) is 9.18 Å². The molecule has 1 aromatic carbocycles. The first-order chi connectivity index (χ1) is 12.0. The Morgan fingerprint density at radius 1 is 1.48 bits per heavy atom. The second-order valence-electron chi connectivity index (χ2n) is 6.30. The first-order valence-electron chi connectivity index (χ1n) is 8.42. The summed E-state index contributed by atoms with van der Waals surface area (Å²) >= 11 is 1.65. The molecule has 2 heterocycles. The van der Waals surface area contributed by atoms with Crippen molar-refractivity contribution in [2.24, 2.45) is 0 Å². The average molecular weight is 363 g/mol. The van der Waals surface area contributed by atoms with E-state index < -0.39 is 0 Å². The fourth-order valence-corrected chi connectivity index (χ4v) is 3.52. The molecule has 0 saturated carbocycles. The zero-order valence-electron chi connectivity index (χ0n) is 14.4. The Morgan fingerprint density at radius 3 is 3.08 bits per heavy atom. The summed E-state index contributed by atoms with van der Waals surface area (Å²) in [5.41, 5.74) is 1.42. The van der Waals surface area contributed by atoms with Crippen molar-refractivity contribution in [1.82, 2.24) is 15.2 Å². The second kappa shape index (κ2) is 7.82. The Bertz CT molecular complexity index is 748. The number of benzene rings is 1. The molecule has 0 fully saturated rings. The van der Waals surface area contributed by atoms with Gasteiger partial charge in [0.1, 0.15) is 18.2 Å². The van der Waals surface area contributed by atoms with Crippen molar-refractivity contribution in [3.8, 4) is 5.75 Å². The van der Waals surface area contributed by atoms with Gasteiger partial charge in [-0.15, -0.1) is 11.3 Å². The number of fused-ring (bicyclic) bond motifs is 1. The summed E-state index contributed by atoms with van der Waals surface area (Å²) in [7, 11) is 0. The molecule has 0 unspecified atom stereocenters. The van der Waals surface area contributed by atoms with Gasteiger partial charge in [0.15, 0.2) is 0 Å². The van der Waals surface area contributed by atoms with Gasteiger partial charge in [-0.3, -0.25) is 0 Å². The summed E-state index contributed by atoms with van der Waals surface area (Å²) in [6, 6.07) is 4.52. The predicted molar refractivity (Wildman–Crippen MR) is 95.6 cm³/mol. The molecule has 0 bridgehead atoms. The molecule has 2 aromatic rings. The zero-order valence-corrected chi connectivity index (χ0v) is 15.2. The van der Waals surface area contributed by atoms with Crippen molar-refractivity contribution in [2.75, 3.05) is 19.7 Å². The van der Waals surface area contributed by atoms with Gasteiger partial charge in [0.2, 0.25) is 0 Å². The van der Waals surface area contributed by atoms with E-state index in [4.69, 9.17) is 4.74 Å². The first kappa shape index (κ1) is 17.7. The topological polar surface area (TPSA) is 54.5 Å². The molecule has 0 radical (unpaired) electrons. The number of amides is 2. The summed E-state index contributed by atoms with van der Waals surface area (Å²) in [6.45, 7) is 5.72. The van der Waals surface area contributed by atoms with Gasteiger partial charge in [0.25, 0.3) is 0 Å². The largest absolute Gasteiger partial charge is 0.491 e. The monoisotopic (exact) mass is 363 g/mol. The van der Waals surface area contributed by atoms with Crippen LogP contribution in [0.15, 0.2) is 23.6 Å². The van der Waals surface area contributed by atoms with E-state index in [1.165, 1.54) is 6.07 Å². The number of rotatable bonds is 4. The SMILES string of the molecule is CC(C)c1nc(CCNC(=O)N2CCOc3cccc(F)c3C2)cs1. The third kappa shape index (κ3) is 4.28. The molecule has 0 atom stereocenters. The lowest BCUT2D eigenvalue weighted by Crippen LogP contribution is -2.41. The fourth-order valence-electron chi connectivity index (χ4n) is 2.65. The number of carbonyl (C=O) groups excluding carboxylic acids is 1. The normalized spacial score (nSPS) is 14.0. The van der Waals surface area contributed by atoms with Crippen molar-refractivity contribution in [1.29, 1.82) is 0 Å². The van der Waals surface area contributed by atoms with Crippen LogP contribution in [0.2, 0.25) is 0 Å². The third-order valence-corrected chi connectivity index (χ3v) is 5.25. The number of nitrogens with one attached hydrogen (secondary N) is 1. The highest BCUT2D eigenvalue weighted by Crippen LogP contribution is 2.25. The number of hydrogen-bond donors (Lipinski definition) is 1. The molecule has 0 saturated heterocycles. The maximum Gasteiger partial charge on any atom is 0.317 e. The minimum atomic E-state index is -0.346. The molecule has 1 aliphatic heterocycles. The van der Waals surface area contributed by atoms with Gasteiger partial charge in [-0.1, -0.05) is 19.9 Å². The quantitative estimate of drug-likeness (QED) is 0.904. The highest BCUT2D eigenvalue weighted by molar-refractivity contribution is 7.09. The molecule has 1 aromatic heterocycles. The van der Waals surface area contributed by atoms with Crippen LogP contribution in [0.1, 0.15) is 36.0 Å². The number of nitrogens with zero attached hydrogens (tertiary/aromatic N) is 2. The highest BCUT2D eigenvalue weighted by Gasteiger charge is 2.22. The van der Waals surface area contributed by atoms with E-state index in [1.807, 2.05) is 5.38 Å². The second-order valence-corrected chi connectivity index (χ2v) is 7.19. The van der Waals surface area contributed by atoms with Gasteiger partial charge in [-0.05, 0) is 12.1 Å². The van der Waals surface area contributed by atoms with Crippen LogP contribution < -0.4 is 10.1 Å². The number of halogens is 1. The molecular formula is C18H22FN3O2S. The number of thiazole rings is 1. The van der Waals surface area contributed by atoms with Crippen molar-refractivity contribution in [3.63, 3.8) is 0 Å². The van der Waals surface area contributed by atoms with E-state index in [0.29, 0.717) is 43.3 Å². The average Bonchev–Trinajstić information content (AvgIpc) is 2.94. The van der Waals surface area contributed by atoms with Gasteiger partial charge >= 0.3 is 6.03 Å². The maximum atomic E-state index is 14.0. The standard InChI is InChI=1S/C18H22FN3O2S/c1-12(2)17-21-13(11-25-17)6-7-20-18(23)22-8-9-24-16-5-3-4-15(19)14(16)10-22/h3-5,11-12H,6-10H2,1-2H3,(H,20,23). The molecule has 2 amide bonds. The van der Waals surface area contributed by atoms with Crippen molar-refractivity contribution < 1.29 is 13.9 Å². The lowest BCUT2D eigenvalue weighted by molar-refractivity contribution is 0.187. The van der Waals surface area contributed by atoms with Gasteiger partial charge in [-0.25, -0.2) is 14.2 Å². The van der Waals surface area contributed by atoms with E-state index >= 15 is 0 Å². The van der Waals surface area contributed by atoms with Crippen LogP contribution in [-0.4, -0.2) is 35.6 Å². The van der Waals surface area contributed by atoms with Crippen LogP contribution >= 0.6 is 11.3 Å². The minimum absolute atomic E-state index is 0.209. The molecule has 1 aliphatic rings. The Balaban J connectivity index is 1.55. The minimum Gasteiger partial charge on any atom is -0.491 e. The van der Waals surface area contributed by atoms with Gasteiger partial charge < -0.3 is 15.0 Å². The summed E-state index contributed by atoms with van der Waals surface area (Å²) in [5, 5.41) is 6.03. The first-order valence-corrected chi connectivity index (χ1v) is 9.30. The number of hydrogen-bond acceptors (Lipinski definition) is 4. The van der Waals surface area contributed by atoms with Crippen LogP contribution in [0.3, 0.4) is 0 Å². The number of ether oxygens (including phenoxy) is 1. The number of urea groups is 1. The molecule has 3 rings (SSSR count). The van der Waals surface area contributed by atoms with Gasteiger partial charge in [-0.2, -0.15) is 0 Å². The molecule has 0 spiro atoms. The predicted octanol–water partition coefficient (Wildman–Crippen LogP) is 3.55. The lowest BCUT2D eigenvalue weighted by Gasteiger charge is -2.20. The summed E-state index contributed by atoms with van der Waals surface area (Å²) in [4.78, 5) is 18.5. The molecule has 134 valence electrons. The number of carbonyl (C=O) groups is 1. The summed E-state index contributed by atoms with van der Waals surface area (Å²) in [6.07, 6.45) is 0.685. The van der Waals surface area contributed by atoms with Gasteiger partial charge in [0.05, 0.1) is 23.8 Å². The Labute approximate surface area is 150 Å². The van der Waals surface area contributed by atoms with Crippen LogP contribution in [0, 0.1) is 5.82 Å². The van der Waals surface area contributed by atoms with Crippen LogP contribution in [0.4, 0.5) is 9.18 Å². The van der Waals surface area contributed by atoms with Crippen molar-refractivity contribution >= 4 is 17.4 Å². The summed E-state index contributed by atoms with van der Waals surface area (Å²) < 4.78 is 19.5. The molecule has 5 nitrogen and oxygen atoms in total. The molecule has 25 heavy (non-hydrogen) atoms. The van der Waals surface area contributed by atoms with Gasteiger partial charge in [0, 0.05) is 29.8 Å². The zero-order chi connectivity index (χ0) is 17.8. The Hall–Kier alpha value is -2.15. The maximum absolute atomic E-state index is 14.0. The van der Waals surface area contributed by atoms with Crippen molar-refractivity contribution in [2.45, 2.75) is 32.7 Å². The molecule has 0 aliphatic carbocycles. The third-order valence-electron chi connectivity index (χ3n) is 4.05. The molecule has 7 heteroatoms. The number of aromatic nitrogens is 1. The van der Waals surface area contributed by atoms with E-state index in [1.54, 1.807) is 28.4 Å². The van der Waals surface area contributed by atoms with Crippen molar-refractivity contribution in [3.05, 3.63) is 45.7 Å². The lowest BCUT2D eigenvalue weighted by atomic mass is 10.2. The fraction of sp³-hybridized carbons (Fsp3) is 0.444. The Morgan fingerprint density at radius 2 is 2.32 bits per heavy atom. The van der Waals surface area contributed by atoms with E-state index in [2.05, 4.69) is 24.1 Å². The van der Waals surface area contributed by atoms with E-state index in [0.717, 1.165) is 10.7 Å². The summed E-state index contributed by atoms with van der Waals surface area (Å²) in [5.74, 6) is 0.584. The smallest absolute Gasteiger partial charge is 0.317 e. The van der Waals surface area contributed by atoms with E-state index in [-0.39, 0.29) is 18.4 Å². The van der Waals surface area contributed by atoms with Crippen LogP contribution in [0.25, 0.3) is 0 Å². The molecular weight excluding hydrogens is 341 g/mol.